The Labute approximate surface area is 65.1 Å². The first-order valence-electron chi connectivity index (χ1n) is 3.67. The van der Waals surface area contributed by atoms with Gasteiger partial charge in [-0.15, -0.1) is 0 Å². The van der Waals surface area contributed by atoms with Gasteiger partial charge in [0.15, 0.2) is 0 Å². The molecule has 62 valence electrons. The van der Waals surface area contributed by atoms with Crippen LogP contribution in [0.4, 0.5) is 0 Å². The lowest BCUT2D eigenvalue weighted by Crippen LogP contribution is -2.32. The average molecular weight is 156 g/mol. The van der Waals surface area contributed by atoms with Crippen LogP contribution in [0.2, 0.25) is 0 Å². The molecule has 0 aromatic heterocycles. The Balaban J connectivity index is 2.46. The van der Waals surface area contributed by atoms with Gasteiger partial charge in [0.1, 0.15) is 0 Å². The van der Waals surface area contributed by atoms with Crippen molar-refractivity contribution in [2.75, 3.05) is 0 Å². The number of hydrogen-bond acceptors (Lipinski definition) is 2. The first-order valence-corrected chi connectivity index (χ1v) is 3.67. The molecule has 0 radical (unpaired) electrons. The molecule has 0 bridgehead atoms. The number of nitrogens with one attached hydrogen (secondary N) is 1. The number of amides is 2. The second kappa shape index (κ2) is 2.90. The van der Waals surface area contributed by atoms with Gasteiger partial charge in [-0.1, -0.05) is 6.92 Å². The summed E-state index contributed by atoms with van der Waals surface area (Å²) in [4.78, 5) is 21.3. The zero-order valence-corrected chi connectivity index (χ0v) is 6.46. The maximum Gasteiger partial charge on any atom is 0.220 e. The highest BCUT2D eigenvalue weighted by Crippen LogP contribution is 2.17. The molecule has 0 aliphatic carbocycles. The van der Waals surface area contributed by atoms with Gasteiger partial charge in [-0.25, -0.2) is 0 Å². The van der Waals surface area contributed by atoms with Crippen LogP contribution in [0.25, 0.3) is 0 Å². The molecule has 1 aliphatic rings. The molecule has 0 aromatic rings. The van der Waals surface area contributed by atoms with Crippen molar-refractivity contribution < 1.29 is 9.59 Å². The van der Waals surface area contributed by atoms with Gasteiger partial charge in [0.05, 0.1) is 0 Å². The smallest absolute Gasteiger partial charge is 0.220 e. The molecule has 1 heterocycles. The van der Waals surface area contributed by atoms with E-state index < -0.39 is 0 Å². The van der Waals surface area contributed by atoms with Gasteiger partial charge in [-0.3, -0.25) is 9.59 Å². The molecular weight excluding hydrogens is 144 g/mol. The van der Waals surface area contributed by atoms with Gasteiger partial charge in [-0.2, -0.15) is 0 Å². The zero-order chi connectivity index (χ0) is 8.43. The molecule has 1 unspecified atom stereocenters. The van der Waals surface area contributed by atoms with Crippen molar-refractivity contribution in [2.24, 2.45) is 11.7 Å². The van der Waals surface area contributed by atoms with Crippen molar-refractivity contribution in [1.29, 1.82) is 0 Å². The van der Waals surface area contributed by atoms with Crippen molar-refractivity contribution in [3.63, 3.8) is 0 Å². The van der Waals surface area contributed by atoms with E-state index >= 15 is 0 Å². The van der Waals surface area contributed by atoms with Gasteiger partial charge < -0.3 is 11.1 Å². The molecule has 1 aliphatic heterocycles. The summed E-state index contributed by atoms with van der Waals surface area (Å²) in [5.41, 5.74) is 4.99. The Morgan fingerprint density at radius 3 is 2.82 bits per heavy atom. The summed E-state index contributed by atoms with van der Waals surface area (Å²) >= 11 is 0. The van der Waals surface area contributed by atoms with Crippen LogP contribution in [0.15, 0.2) is 0 Å². The minimum atomic E-state index is -0.357. The highest BCUT2D eigenvalue weighted by Gasteiger charge is 2.29. The highest BCUT2D eigenvalue weighted by molar-refractivity contribution is 5.81. The maximum absolute atomic E-state index is 10.8. The van der Waals surface area contributed by atoms with Crippen molar-refractivity contribution in [3.05, 3.63) is 0 Å². The molecule has 11 heavy (non-hydrogen) atoms. The van der Waals surface area contributed by atoms with E-state index in [0.717, 1.165) is 0 Å². The fourth-order valence-corrected chi connectivity index (χ4v) is 1.31. The fraction of sp³-hybridized carbons (Fsp3) is 0.714. The number of carbonyl (C=O) groups is 2. The van der Waals surface area contributed by atoms with Crippen LogP contribution in [-0.2, 0) is 9.59 Å². The van der Waals surface area contributed by atoms with Crippen molar-refractivity contribution in [2.45, 2.75) is 25.8 Å². The third-order valence-corrected chi connectivity index (χ3v) is 1.96. The monoisotopic (exact) mass is 156 g/mol. The molecule has 4 nitrogen and oxygen atoms in total. The second-order valence-corrected chi connectivity index (χ2v) is 3.03. The first-order chi connectivity index (χ1) is 5.09. The number of carbonyl (C=O) groups excluding carboxylic acids is 2. The summed E-state index contributed by atoms with van der Waals surface area (Å²) in [6.07, 6.45) is 0.769. The highest BCUT2D eigenvalue weighted by atomic mass is 16.2. The molecule has 0 aromatic carbocycles. The largest absolute Gasteiger partial charge is 0.370 e. The molecule has 3 N–H and O–H groups in total. The summed E-state index contributed by atoms with van der Waals surface area (Å²) in [5, 5.41) is 2.70. The van der Waals surface area contributed by atoms with Gasteiger partial charge in [0.2, 0.25) is 11.8 Å². The van der Waals surface area contributed by atoms with Crippen molar-refractivity contribution in [1.82, 2.24) is 5.32 Å². The van der Waals surface area contributed by atoms with E-state index in [-0.39, 0.29) is 30.2 Å². The maximum atomic E-state index is 10.8. The summed E-state index contributed by atoms with van der Waals surface area (Å²) in [7, 11) is 0. The van der Waals surface area contributed by atoms with E-state index in [1.165, 1.54) is 0 Å². The molecule has 2 amide bonds. The van der Waals surface area contributed by atoms with E-state index in [1.54, 1.807) is 0 Å². The third-order valence-electron chi connectivity index (χ3n) is 1.96. The van der Waals surface area contributed by atoms with E-state index in [0.29, 0.717) is 6.42 Å². The average Bonchev–Trinajstić information content (AvgIpc) is 2.09. The Hall–Kier alpha value is -1.06. The van der Waals surface area contributed by atoms with Crippen molar-refractivity contribution in [3.8, 4) is 0 Å². The van der Waals surface area contributed by atoms with Gasteiger partial charge in [0, 0.05) is 18.9 Å². The fourth-order valence-electron chi connectivity index (χ4n) is 1.31. The Kier molecular flexibility index (Phi) is 2.12. The summed E-state index contributed by atoms with van der Waals surface area (Å²) < 4.78 is 0. The minimum Gasteiger partial charge on any atom is -0.370 e. The number of hydrogen-bond donors (Lipinski definition) is 2. The Bertz CT molecular complexity index is 191. The second-order valence-electron chi connectivity index (χ2n) is 3.03. The summed E-state index contributed by atoms with van der Waals surface area (Å²) in [5.74, 6) is -0.109. The van der Waals surface area contributed by atoms with Gasteiger partial charge >= 0.3 is 0 Å². The quantitative estimate of drug-likeness (QED) is 0.559. The van der Waals surface area contributed by atoms with E-state index in [9.17, 15) is 9.59 Å². The van der Waals surface area contributed by atoms with Gasteiger partial charge in [-0.05, 0) is 5.92 Å². The molecule has 4 heteroatoms. The van der Waals surface area contributed by atoms with Gasteiger partial charge in [0.25, 0.3) is 0 Å². The number of rotatable bonds is 2. The minimum absolute atomic E-state index is 0.0174. The Morgan fingerprint density at radius 1 is 1.82 bits per heavy atom. The first kappa shape index (κ1) is 8.04. The Morgan fingerprint density at radius 2 is 2.45 bits per heavy atom. The van der Waals surface area contributed by atoms with Crippen LogP contribution in [0.1, 0.15) is 19.8 Å². The predicted molar refractivity (Wildman–Crippen MR) is 39.5 cm³/mol. The molecule has 1 rings (SSSR count). The predicted octanol–water partition coefficient (Wildman–Crippen LogP) is -0.614. The lowest BCUT2D eigenvalue weighted by atomic mass is 10.0. The number of nitrogens with two attached hydrogens (primary N) is 1. The van der Waals surface area contributed by atoms with Crippen LogP contribution < -0.4 is 11.1 Å². The van der Waals surface area contributed by atoms with E-state index in [4.69, 9.17) is 5.73 Å². The number of primary amides is 1. The van der Waals surface area contributed by atoms with Crippen LogP contribution in [0.5, 0.6) is 0 Å². The standard InChI is InChI=1S/C7H12N2O2/c1-4-2-7(11)9-5(4)3-6(8)10/h4-5H,2-3H2,1H3,(H2,8,10)(H,9,11)/t4-,5?/m0/s1. The molecule has 1 fully saturated rings. The third kappa shape index (κ3) is 1.93. The normalized spacial score (nSPS) is 30.1. The molecule has 0 spiro atoms. The lowest BCUT2D eigenvalue weighted by molar-refractivity contribution is -0.119. The molecule has 0 saturated carbocycles. The lowest BCUT2D eigenvalue weighted by Gasteiger charge is -2.11. The SMILES string of the molecule is C[C@H]1CC(=O)NC1CC(N)=O. The molecular formula is C7H12N2O2. The summed E-state index contributed by atoms with van der Waals surface area (Å²) in [6.45, 7) is 1.94. The zero-order valence-electron chi connectivity index (χ0n) is 6.46. The van der Waals surface area contributed by atoms with E-state index in [2.05, 4.69) is 5.32 Å². The molecule has 1 saturated heterocycles. The van der Waals surface area contributed by atoms with Crippen molar-refractivity contribution >= 4 is 11.8 Å². The topological polar surface area (TPSA) is 72.2 Å². The summed E-state index contributed by atoms with van der Waals surface area (Å²) in [6, 6.07) is -0.0417. The van der Waals surface area contributed by atoms with E-state index in [1.807, 2.05) is 6.92 Å². The molecule has 2 atom stereocenters. The van der Waals surface area contributed by atoms with Crippen LogP contribution in [-0.4, -0.2) is 17.9 Å². The van der Waals surface area contributed by atoms with Crippen LogP contribution in [0.3, 0.4) is 0 Å². The van der Waals surface area contributed by atoms with Crippen LogP contribution >= 0.6 is 0 Å². The van der Waals surface area contributed by atoms with Crippen LogP contribution in [0, 0.1) is 5.92 Å².